The maximum absolute atomic E-state index is 14.7. The molecule has 0 aliphatic rings. The lowest BCUT2D eigenvalue weighted by molar-refractivity contribution is -0.140. The zero-order valence-corrected chi connectivity index (χ0v) is 30.8. The van der Waals surface area contributed by atoms with E-state index < -0.39 is 28.5 Å². The largest absolute Gasteiger partial charge is 0.494 e. The summed E-state index contributed by atoms with van der Waals surface area (Å²) in [4.78, 5) is 30.0. The molecular formula is C36H38BrCl2N3O5S. The molecular weight excluding hydrogens is 737 g/mol. The third-order valence-electron chi connectivity index (χ3n) is 7.78. The van der Waals surface area contributed by atoms with Crippen molar-refractivity contribution < 1.29 is 22.7 Å². The normalized spacial score (nSPS) is 12.5. The number of amides is 2. The van der Waals surface area contributed by atoms with Crippen LogP contribution in [0.15, 0.2) is 106 Å². The van der Waals surface area contributed by atoms with E-state index in [0.717, 1.165) is 9.87 Å². The molecule has 0 aromatic heterocycles. The Morgan fingerprint density at radius 3 is 2.08 bits per heavy atom. The Morgan fingerprint density at radius 2 is 1.50 bits per heavy atom. The Hall–Kier alpha value is -3.57. The minimum Gasteiger partial charge on any atom is -0.494 e. The van der Waals surface area contributed by atoms with Crippen molar-refractivity contribution in [3.63, 3.8) is 0 Å². The maximum atomic E-state index is 14.7. The van der Waals surface area contributed by atoms with Gasteiger partial charge in [0.2, 0.25) is 11.8 Å². The summed E-state index contributed by atoms with van der Waals surface area (Å²) < 4.78 is 35.8. The Kier molecular flexibility index (Phi) is 13.3. The van der Waals surface area contributed by atoms with Gasteiger partial charge in [0, 0.05) is 39.1 Å². The van der Waals surface area contributed by atoms with Gasteiger partial charge in [0.1, 0.15) is 18.3 Å². The van der Waals surface area contributed by atoms with Crippen molar-refractivity contribution >= 4 is 66.7 Å². The van der Waals surface area contributed by atoms with Crippen molar-refractivity contribution in [3.05, 3.63) is 123 Å². The monoisotopic (exact) mass is 773 g/mol. The average Bonchev–Trinajstić information content (AvgIpc) is 3.07. The molecule has 2 amide bonds. The highest BCUT2D eigenvalue weighted by Crippen LogP contribution is 2.30. The molecule has 0 spiro atoms. The molecule has 4 aromatic rings. The van der Waals surface area contributed by atoms with Gasteiger partial charge in [-0.25, -0.2) is 8.42 Å². The molecule has 0 bridgehead atoms. The van der Waals surface area contributed by atoms with Crippen molar-refractivity contribution in [2.75, 3.05) is 17.5 Å². The van der Waals surface area contributed by atoms with Crippen molar-refractivity contribution in [2.45, 2.75) is 57.1 Å². The van der Waals surface area contributed by atoms with E-state index in [0.29, 0.717) is 38.9 Å². The number of benzene rings is 4. The Morgan fingerprint density at radius 1 is 0.875 bits per heavy atom. The molecule has 2 unspecified atom stereocenters. The van der Waals surface area contributed by atoms with Gasteiger partial charge < -0.3 is 15.0 Å². The minimum atomic E-state index is -4.27. The molecule has 0 fully saturated rings. The molecule has 4 aromatic carbocycles. The van der Waals surface area contributed by atoms with Gasteiger partial charge >= 0.3 is 0 Å². The van der Waals surface area contributed by atoms with E-state index in [1.807, 2.05) is 51.1 Å². The highest BCUT2D eigenvalue weighted by Gasteiger charge is 2.35. The van der Waals surface area contributed by atoms with Gasteiger partial charge in [-0.3, -0.25) is 13.9 Å². The maximum Gasteiger partial charge on any atom is 0.264 e. The molecule has 12 heteroatoms. The third kappa shape index (κ3) is 9.53. The lowest BCUT2D eigenvalue weighted by Gasteiger charge is -2.34. The van der Waals surface area contributed by atoms with E-state index in [4.69, 9.17) is 27.9 Å². The highest BCUT2D eigenvalue weighted by molar-refractivity contribution is 9.10. The summed E-state index contributed by atoms with van der Waals surface area (Å²) in [6.45, 7) is 5.35. The topological polar surface area (TPSA) is 96.0 Å². The molecule has 0 aliphatic heterocycles. The van der Waals surface area contributed by atoms with Crippen molar-refractivity contribution in [2.24, 2.45) is 0 Å². The van der Waals surface area contributed by atoms with E-state index in [1.54, 1.807) is 54.6 Å². The predicted molar refractivity (Wildman–Crippen MR) is 195 cm³/mol. The lowest BCUT2D eigenvalue weighted by atomic mass is 10.0. The van der Waals surface area contributed by atoms with Gasteiger partial charge in [-0.05, 0) is 86.5 Å². The molecule has 0 radical (unpaired) electrons. The molecule has 0 aliphatic carbocycles. The number of nitrogens with zero attached hydrogens (tertiary/aromatic N) is 2. The van der Waals surface area contributed by atoms with Gasteiger partial charge in [-0.15, -0.1) is 0 Å². The number of anilines is 1. The Bertz CT molecular complexity index is 1770. The first-order valence-electron chi connectivity index (χ1n) is 15.5. The quantitative estimate of drug-likeness (QED) is 0.133. The number of hydrogen-bond acceptors (Lipinski definition) is 5. The van der Waals surface area contributed by atoms with Crippen LogP contribution in [-0.4, -0.2) is 50.4 Å². The molecule has 0 heterocycles. The van der Waals surface area contributed by atoms with Gasteiger partial charge in [0.15, 0.2) is 0 Å². The average molecular weight is 776 g/mol. The Labute approximate surface area is 301 Å². The van der Waals surface area contributed by atoms with Crippen molar-refractivity contribution in [1.82, 2.24) is 10.2 Å². The molecule has 2 atom stereocenters. The summed E-state index contributed by atoms with van der Waals surface area (Å²) >= 11 is 16.5. The summed E-state index contributed by atoms with van der Waals surface area (Å²) in [6, 6.07) is 25.7. The number of carbonyl (C=O) groups is 2. The number of hydrogen-bond donors (Lipinski definition) is 1. The minimum absolute atomic E-state index is 0.0107. The fourth-order valence-corrected chi connectivity index (χ4v) is 7.18. The van der Waals surface area contributed by atoms with Gasteiger partial charge in [-0.1, -0.05) is 82.5 Å². The fourth-order valence-electron chi connectivity index (χ4n) is 4.99. The number of sulfonamides is 1. The summed E-state index contributed by atoms with van der Waals surface area (Å²) in [5.41, 5.74) is 1.50. The smallest absolute Gasteiger partial charge is 0.264 e. The molecule has 1 N–H and O–H groups in total. The van der Waals surface area contributed by atoms with Crippen LogP contribution in [0.4, 0.5) is 5.69 Å². The molecule has 0 saturated heterocycles. The lowest BCUT2D eigenvalue weighted by Crippen LogP contribution is -2.54. The first-order chi connectivity index (χ1) is 22.9. The SMILES string of the molecule is CCOc1ccc(N(CC(=O)N(Cc2c(Cl)cccc2Cl)C(Cc2ccccc2)C(=O)NC(C)CC)S(=O)(=O)c2ccc(Br)cc2)cc1. The van der Waals surface area contributed by atoms with Gasteiger partial charge in [0.05, 0.1) is 17.2 Å². The fraction of sp³-hybridized carbons (Fsp3) is 0.278. The summed E-state index contributed by atoms with van der Waals surface area (Å²) in [7, 11) is -4.27. The van der Waals surface area contributed by atoms with Gasteiger partial charge in [0.25, 0.3) is 10.0 Å². The van der Waals surface area contributed by atoms with E-state index >= 15 is 0 Å². The van der Waals surface area contributed by atoms with E-state index in [9.17, 15) is 18.0 Å². The van der Waals surface area contributed by atoms with Crippen LogP contribution in [0.2, 0.25) is 10.0 Å². The van der Waals surface area contributed by atoms with Crippen LogP contribution in [0.3, 0.4) is 0 Å². The van der Waals surface area contributed by atoms with Crippen LogP contribution in [0.1, 0.15) is 38.3 Å². The van der Waals surface area contributed by atoms with Crippen LogP contribution in [0.25, 0.3) is 0 Å². The molecule has 254 valence electrons. The van der Waals surface area contributed by atoms with Crippen LogP contribution in [0.5, 0.6) is 5.75 Å². The first-order valence-corrected chi connectivity index (χ1v) is 18.5. The molecule has 0 saturated carbocycles. The standard InChI is InChI=1S/C36H38BrCl2N3O5S/c1-4-25(3)40-36(44)34(22-26-10-7-6-8-11-26)41(23-31-32(38)12-9-13-33(31)39)35(43)24-42(28-16-18-29(19-17-28)47-5-2)48(45,46)30-20-14-27(37)15-21-30/h6-21,25,34H,4-5,22-24H2,1-3H3,(H,40,44). The summed E-state index contributed by atoms with van der Waals surface area (Å²) in [6.07, 6.45) is 0.838. The number of rotatable bonds is 15. The van der Waals surface area contributed by atoms with Crippen LogP contribution < -0.4 is 14.4 Å². The second kappa shape index (κ2) is 17.2. The zero-order valence-electron chi connectivity index (χ0n) is 26.9. The highest BCUT2D eigenvalue weighted by atomic mass is 79.9. The zero-order chi connectivity index (χ0) is 34.8. The Balaban J connectivity index is 1.84. The van der Waals surface area contributed by atoms with Crippen molar-refractivity contribution in [1.29, 1.82) is 0 Å². The third-order valence-corrected chi connectivity index (χ3v) is 10.8. The number of carbonyl (C=O) groups excluding carboxylic acids is 2. The van der Waals surface area contributed by atoms with E-state index in [2.05, 4.69) is 21.2 Å². The number of ether oxygens (including phenoxy) is 1. The van der Waals surface area contributed by atoms with Crippen LogP contribution >= 0.6 is 39.1 Å². The van der Waals surface area contributed by atoms with Gasteiger partial charge in [-0.2, -0.15) is 0 Å². The van der Waals surface area contributed by atoms with E-state index in [1.165, 1.54) is 17.0 Å². The molecule has 8 nitrogen and oxygen atoms in total. The predicted octanol–water partition coefficient (Wildman–Crippen LogP) is 7.90. The van der Waals surface area contributed by atoms with Crippen LogP contribution in [-0.2, 0) is 32.6 Å². The molecule has 48 heavy (non-hydrogen) atoms. The van der Waals surface area contributed by atoms with Crippen molar-refractivity contribution in [3.8, 4) is 5.75 Å². The second-order valence-corrected chi connectivity index (χ2v) is 14.7. The first kappa shape index (κ1) is 37.3. The summed E-state index contributed by atoms with van der Waals surface area (Å²) in [5.74, 6) is -0.456. The second-order valence-electron chi connectivity index (χ2n) is 11.1. The number of halogens is 3. The number of nitrogens with one attached hydrogen (secondary N) is 1. The molecule has 4 rings (SSSR count). The van der Waals surface area contributed by atoms with E-state index in [-0.39, 0.29) is 35.5 Å². The summed E-state index contributed by atoms with van der Waals surface area (Å²) in [5, 5.41) is 3.64. The van der Waals surface area contributed by atoms with Crippen LogP contribution in [0, 0.1) is 0 Å².